The number of hydrogen-bond acceptors (Lipinski definition) is 5. The molecule has 0 aliphatic carbocycles. The lowest BCUT2D eigenvalue weighted by atomic mass is 10.0. The molecule has 1 heterocycles. The van der Waals surface area contributed by atoms with Crippen LogP contribution in [-0.2, 0) is 4.79 Å². The van der Waals surface area contributed by atoms with Gasteiger partial charge in [-0.1, -0.05) is 23.8 Å². The van der Waals surface area contributed by atoms with Crippen LogP contribution in [0.4, 0.5) is 5.13 Å². The van der Waals surface area contributed by atoms with E-state index >= 15 is 0 Å². The molecule has 26 heavy (non-hydrogen) atoms. The molecule has 0 spiro atoms. The van der Waals surface area contributed by atoms with Crippen molar-refractivity contribution in [3.8, 4) is 23.1 Å². The number of aromatic nitrogens is 1. The smallest absolute Gasteiger partial charge is 0.264 e. The third kappa shape index (κ3) is 4.26. The minimum absolute atomic E-state index is 0.121. The normalized spacial score (nSPS) is 10.2. The van der Waals surface area contributed by atoms with Gasteiger partial charge in [0.15, 0.2) is 11.7 Å². The monoisotopic (exact) mass is 363 g/mol. The summed E-state index contributed by atoms with van der Waals surface area (Å²) in [6, 6.07) is 14.8. The number of carbonyl (C=O) groups excluding carboxylic acids is 1. The molecule has 0 saturated heterocycles. The molecule has 0 radical (unpaired) electrons. The van der Waals surface area contributed by atoms with Crippen molar-refractivity contribution in [1.82, 2.24) is 4.98 Å². The second kappa shape index (κ2) is 7.81. The summed E-state index contributed by atoms with van der Waals surface area (Å²) in [5, 5.41) is 14.0. The molecule has 0 aliphatic rings. The van der Waals surface area contributed by atoms with Gasteiger partial charge in [0.25, 0.3) is 5.91 Å². The van der Waals surface area contributed by atoms with Gasteiger partial charge in [0.2, 0.25) is 0 Å². The van der Waals surface area contributed by atoms with Gasteiger partial charge in [0, 0.05) is 10.9 Å². The number of amides is 1. The summed E-state index contributed by atoms with van der Waals surface area (Å²) in [7, 11) is 0. The lowest BCUT2D eigenvalue weighted by Crippen LogP contribution is -2.20. The van der Waals surface area contributed by atoms with Crippen molar-refractivity contribution in [2.75, 3.05) is 11.9 Å². The van der Waals surface area contributed by atoms with E-state index in [1.54, 1.807) is 24.3 Å². The predicted molar refractivity (Wildman–Crippen MR) is 102 cm³/mol. The van der Waals surface area contributed by atoms with E-state index in [2.05, 4.69) is 23.3 Å². The number of carbonyl (C=O) groups is 1. The summed E-state index contributed by atoms with van der Waals surface area (Å²) >= 11 is 1.38. The highest BCUT2D eigenvalue weighted by Gasteiger charge is 2.10. The number of rotatable bonds is 5. The van der Waals surface area contributed by atoms with Crippen LogP contribution in [0.25, 0.3) is 11.3 Å². The van der Waals surface area contributed by atoms with Crippen LogP contribution in [-0.4, -0.2) is 17.5 Å². The fraction of sp³-hybridized carbons (Fsp3) is 0.150. The van der Waals surface area contributed by atoms with E-state index in [0.717, 1.165) is 16.8 Å². The predicted octanol–water partition coefficient (Wildman–Crippen LogP) is 4.32. The number of benzene rings is 2. The molecule has 0 unspecified atom stereocenters. The maximum atomic E-state index is 12.0. The Morgan fingerprint density at radius 1 is 1.23 bits per heavy atom. The molecule has 1 N–H and O–H groups in total. The fourth-order valence-electron chi connectivity index (χ4n) is 2.49. The van der Waals surface area contributed by atoms with Crippen molar-refractivity contribution >= 4 is 22.4 Å². The molecule has 0 atom stereocenters. The van der Waals surface area contributed by atoms with Crippen LogP contribution in [0.3, 0.4) is 0 Å². The molecule has 5 nitrogen and oxygen atoms in total. The number of hydrogen-bond donors (Lipinski definition) is 1. The quantitative estimate of drug-likeness (QED) is 0.733. The molecule has 0 aliphatic heterocycles. The first-order valence-corrected chi connectivity index (χ1v) is 8.89. The highest BCUT2D eigenvalue weighted by molar-refractivity contribution is 7.14. The Hall–Kier alpha value is -3.17. The van der Waals surface area contributed by atoms with E-state index in [9.17, 15) is 4.79 Å². The second-order valence-corrected chi connectivity index (χ2v) is 6.69. The first kappa shape index (κ1) is 17.6. The van der Waals surface area contributed by atoms with Crippen molar-refractivity contribution < 1.29 is 9.53 Å². The minimum Gasteiger partial charge on any atom is -0.484 e. The molecule has 1 aromatic heterocycles. The lowest BCUT2D eigenvalue weighted by molar-refractivity contribution is -0.118. The van der Waals surface area contributed by atoms with E-state index in [0.29, 0.717) is 16.4 Å². The van der Waals surface area contributed by atoms with Crippen LogP contribution in [0.5, 0.6) is 5.75 Å². The minimum atomic E-state index is -0.282. The average molecular weight is 363 g/mol. The molecule has 3 rings (SSSR count). The zero-order valence-electron chi connectivity index (χ0n) is 14.4. The average Bonchev–Trinajstić information content (AvgIpc) is 3.08. The van der Waals surface area contributed by atoms with E-state index in [4.69, 9.17) is 10.00 Å². The molecule has 2 aromatic carbocycles. The van der Waals surface area contributed by atoms with Crippen LogP contribution in [0, 0.1) is 25.2 Å². The number of ether oxygens (including phenoxy) is 1. The van der Waals surface area contributed by atoms with Crippen molar-refractivity contribution in [2.45, 2.75) is 13.8 Å². The third-order valence-electron chi connectivity index (χ3n) is 3.76. The van der Waals surface area contributed by atoms with Crippen molar-refractivity contribution in [2.24, 2.45) is 0 Å². The number of thiazole rings is 1. The maximum Gasteiger partial charge on any atom is 0.264 e. The summed E-state index contributed by atoms with van der Waals surface area (Å²) in [6.45, 7) is 3.98. The largest absolute Gasteiger partial charge is 0.484 e. The van der Waals surface area contributed by atoms with Gasteiger partial charge < -0.3 is 4.74 Å². The zero-order chi connectivity index (χ0) is 18.5. The van der Waals surface area contributed by atoms with Gasteiger partial charge in [-0.3, -0.25) is 10.1 Å². The van der Waals surface area contributed by atoms with Gasteiger partial charge in [0.05, 0.1) is 17.3 Å². The Morgan fingerprint density at radius 2 is 2.00 bits per heavy atom. The standard InChI is InChI=1S/C20H17N3O2S/c1-13-3-8-17(14(2)9-13)18-12-26-20(22-18)23-19(24)11-25-16-6-4-15(10-21)5-7-16/h3-9,12H,11H2,1-2H3,(H,22,23,24). The second-order valence-electron chi connectivity index (χ2n) is 5.83. The fourth-order valence-corrected chi connectivity index (χ4v) is 3.21. The Morgan fingerprint density at radius 3 is 2.69 bits per heavy atom. The first-order valence-electron chi connectivity index (χ1n) is 8.01. The van der Waals surface area contributed by atoms with E-state index in [-0.39, 0.29) is 12.5 Å². The van der Waals surface area contributed by atoms with E-state index in [1.807, 2.05) is 30.5 Å². The molecular formula is C20H17N3O2S. The lowest BCUT2D eigenvalue weighted by Gasteiger charge is -2.06. The summed E-state index contributed by atoms with van der Waals surface area (Å²) in [4.78, 5) is 16.5. The molecule has 3 aromatic rings. The highest BCUT2D eigenvalue weighted by Crippen LogP contribution is 2.28. The van der Waals surface area contributed by atoms with Crippen molar-refractivity contribution in [3.63, 3.8) is 0 Å². The van der Waals surface area contributed by atoms with Crippen molar-refractivity contribution in [3.05, 3.63) is 64.5 Å². The van der Waals surface area contributed by atoms with Gasteiger partial charge in [-0.15, -0.1) is 11.3 Å². The van der Waals surface area contributed by atoms with Crippen LogP contribution < -0.4 is 10.1 Å². The number of anilines is 1. The SMILES string of the molecule is Cc1ccc(-c2csc(NC(=O)COc3ccc(C#N)cc3)n2)c(C)c1. The van der Waals surface area contributed by atoms with Crippen LogP contribution >= 0.6 is 11.3 Å². The van der Waals surface area contributed by atoms with Gasteiger partial charge in [-0.05, 0) is 43.7 Å². The Balaban J connectivity index is 1.59. The Bertz CT molecular complexity index is 971. The number of aryl methyl sites for hydroxylation is 2. The zero-order valence-corrected chi connectivity index (χ0v) is 15.3. The van der Waals surface area contributed by atoms with Gasteiger partial charge in [-0.25, -0.2) is 4.98 Å². The van der Waals surface area contributed by atoms with Crippen molar-refractivity contribution in [1.29, 1.82) is 5.26 Å². The Kier molecular flexibility index (Phi) is 5.30. The molecule has 0 bridgehead atoms. The summed E-state index contributed by atoms with van der Waals surface area (Å²) in [6.07, 6.45) is 0. The summed E-state index contributed by atoms with van der Waals surface area (Å²) in [5.74, 6) is 0.255. The van der Waals surface area contributed by atoms with Gasteiger partial charge in [-0.2, -0.15) is 5.26 Å². The topological polar surface area (TPSA) is 75.0 Å². The molecule has 1 amide bonds. The summed E-state index contributed by atoms with van der Waals surface area (Å²) < 4.78 is 5.42. The van der Waals surface area contributed by atoms with Crippen LogP contribution in [0.2, 0.25) is 0 Å². The first-order chi connectivity index (χ1) is 12.5. The summed E-state index contributed by atoms with van der Waals surface area (Å²) in [5.41, 5.74) is 4.80. The van der Waals surface area contributed by atoms with Gasteiger partial charge in [0.1, 0.15) is 5.75 Å². The van der Waals surface area contributed by atoms with E-state index < -0.39 is 0 Å². The highest BCUT2D eigenvalue weighted by atomic mass is 32.1. The van der Waals surface area contributed by atoms with Gasteiger partial charge >= 0.3 is 0 Å². The van der Waals surface area contributed by atoms with Crippen LogP contribution in [0.1, 0.15) is 16.7 Å². The number of nitrogens with one attached hydrogen (secondary N) is 1. The number of nitriles is 1. The third-order valence-corrected chi connectivity index (χ3v) is 4.52. The molecule has 130 valence electrons. The molecule has 0 saturated carbocycles. The molecular weight excluding hydrogens is 346 g/mol. The van der Waals surface area contributed by atoms with Crippen LogP contribution in [0.15, 0.2) is 47.8 Å². The molecule has 6 heteroatoms. The Labute approximate surface area is 155 Å². The molecule has 0 fully saturated rings. The maximum absolute atomic E-state index is 12.0. The van der Waals surface area contributed by atoms with E-state index in [1.165, 1.54) is 16.9 Å². The number of nitrogens with zero attached hydrogens (tertiary/aromatic N) is 2.